The number of carboxylic acids is 2. The summed E-state index contributed by atoms with van der Waals surface area (Å²) in [5.41, 5.74) is 2.49. The zero-order valence-corrected chi connectivity index (χ0v) is 26.2. The van der Waals surface area contributed by atoms with Crippen molar-refractivity contribution in [3.05, 3.63) is 76.9 Å². The number of carbonyl (C=O) groups excluding carboxylic acids is 2. The lowest BCUT2D eigenvalue weighted by Gasteiger charge is -2.19. The van der Waals surface area contributed by atoms with E-state index in [1.165, 1.54) is 0 Å². The lowest BCUT2D eigenvalue weighted by atomic mass is 10.1. The van der Waals surface area contributed by atoms with Gasteiger partial charge in [-0.3, -0.25) is 4.98 Å². The highest BCUT2D eigenvalue weighted by Crippen LogP contribution is 2.26. The number of carboxylic acid groups (broad SMARTS) is 2. The van der Waals surface area contributed by atoms with Crippen LogP contribution in [0.15, 0.2) is 48.7 Å². The number of anilines is 1. The minimum Gasteiger partial charge on any atom is -0.497 e. The number of methoxy groups -OCH3 is 1. The van der Waals surface area contributed by atoms with Crippen molar-refractivity contribution in [3.8, 4) is 5.75 Å². The zero-order valence-electron chi connectivity index (χ0n) is 26.2. The number of H-pyrrole nitrogens is 1. The predicted octanol–water partition coefficient (Wildman–Crippen LogP) is 6.17. The molecule has 18 heteroatoms. The molecule has 0 fully saturated rings. The number of hydrogen-bond acceptors (Lipinski definition) is 9. The Bertz CT molecular complexity index is 1490. The van der Waals surface area contributed by atoms with Gasteiger partial charge >= 0.3 is 36.2 Å². The van der Waals surface area contributed by atoms with E-state index >= 15 is 0 Å². The van der Waals surface area contributed by atoms with Gasteiger partial charge < -0.3 is 34.7 Å². The molecule has 2 heterocycles. The van der Waals surface area contributed by atoms with Crippen LogP contribution in [0.4, 0.5) is 32.0 Å². The van der Waals surface area contributed by atoms with Gasteiger partial charge in [-0.2, -0.15) is 26.3 Å². The van der Waals surface area contributed by atoms with E-state index in [-0.39, 0.29) is 18.8 Å². The van der Waals surface area contributed by atoms with E-state index in [4.69, 9.17) is 34.0 Å². The van der Waals surface area contributed by atoms with E-state index in [0.29, 0.717) is 28.9 Å². The number of carbonyl (C=O) groups is 4. The summed E-state index contributed by atoms with van der Waals surface area (Å²) >= 11 is 0. The van der Waals surface area contributed by atoms with Crippen LogP contribution in [-0.2, 0) is 38.6 Å². The highest BCUT2D eigenvalue weighted by Gasteiger charge is 2.39. The second-order valence-corrected chi connectivity index (χ2v) is 10.3. The first-order valence-electron chi connectivity index (χ1n) is 13.6. The van der Waals surface area contributed by atoms with Crippen molar-refractivity contribution in [3.63, 3.8) is 0 Å². The SMILES string of the molecule is CCc1c(C(=O)OC(C)(C)C)[nH]c(CNc2ccc(OC)cc2)c1C(=O)OCc1ccccn1.O=C(O)C(F)(F)F.O=C(O)C(F)(F)F. The van der Waals surface area contributed by atoms with Gasteiger partial charge in [-0.25, -0.2) is 19.2 Å². The minimum atomic E-state index is -5.08. The smallest absolute Gasteiger partial charge is 0.490 e. The van der Waals surface area contributed by atoms with Crippen LogP contribution in [0.2, 0.25) is 0 Å². The number of rotatable bonds is 9. The third kappa shape index (κ3) is 14.0. The average molecular weight is 694 g/mol. The van der Waals surface area contributed by atoms with Crippen LogP contribution in [-0.4, -0.2) is 69.1 Å². The van der Waals surface area contributed by atoms with Crippen molar-refractivity contribution in [2.24, 2.45) is 0 Å². The Hall–Kier alpha value is -5.29. The average Bonchev–Trinajstić information content (AvgIpc) is 3.37. The molecule has 0 unspecified atom stereocenters. The number of aliphatic carboxylic acids is 2. The van der Waals surface area contributed by atoms with Crippen molar-refractivity contribution >= 4 is 29.6 Å². The lowest BCUT2D eigenvalue weighted by molar-refractivity contribution is -0.193. The monoisotopic (exact) mass is 693 g/mol. The summed E-state index contributed by atoms with van der Waals surface area (Å²) in [7, 11) is 1.61. The molecular formula is C30H33F6N3O9. The fraction of sp³-hybridized carbons (Fsp3) is 0.367. The van der Waals surface area contributed by atoms with E-state index in [9.17, 15) is 35.9 Å². The number of halogens is 6. The summed E-state index contributed by atoms with van der Waals surface area (Å²) in [5.74, 6) is -5.82. The number of benzene rings is 1. The number of nitrogens with zero attached hydrogens (tertiary/aromatic N) is 1. The molecule has 4 N–H and O–H groups in total. The maximum absolute atomic E-state index is 13.2. The largest absolute Gasteiger partial charge is 0.497 e. The summed E-state index contributed by atoms with van der Waals surface area (Å²) in [6.07, 6.45) is -8.08. The van der Waals surface area contributed by atoms with Crippen molar-refractivity contribution in [1.82, 2.24) is 9.97 Å². The van der Waals surface area contributed by atoms with Gasteiger partial charge in [0.05, 0.1) is 24.9 Å². The molecular weight excluding hydrogens is 660 g/mol. The maximum atomic E-state index is 13.2. The zero-order chi connectivity index (χ0) is 36.9. The van der Waals surface area contributed by atoms with Crippen molar-refractivity contribution in [1.29, 1.82) is 0 Å². The Morgan fingerprint density at radius 3 is 1.83 bits per heavy atom. The molecule has 3 rings (SSSR count). The van der Waals surface area contributed by atoms with E-state index in [1.807, 2.05) is 37.3 Å². The van der Waals surface area contributed by atoms with Crippen LogP contribution in [0.3, 0.4) is 0 Å². The molecule has 12 nitrogen and oxygen atoms in total. The van der Waals surface area contributed by atoms with Gasteiger partial charge in [0.25, 0.3) is 0 Å². The molecule has 0 saturated carbocycles. The molecule has 0 aliphatic heterocycles. The normalized spacial score (nSPS) is 11.1. The first kappa shape index (κ1) is 40.7. The molecule has 0 radical (unpaired) electrons. The van der Waals surface area contributed by atoms with E-state index in [2.05, 4.69) is 15.3 Å². The van der Waals surface area contributed by atoms with Gasteiger partial charge in [-0.15, -0.1) is 0 Å². The highest BCUT2D eigenvalue weighted by atomic mass is 19.4. The molecule has 2 aromatic heterocycles. The van der Waals surface area contributed by atoms with E-state index in [1.54, 1.807) is 46.2 Å². The number of nitrogens with one attached hydrogen (secondary N) is 2. The molecule has 0 bridgehead atoms. The number of aromatic amines is 1. The van der Waals surface area contributed by atoms with Crippen molar-refractivity contribution in [2.45, 2.75) is 65.2 Å². The third-order valence-corrected chi connectivity index (χ3v) is 5.46. The van der Waals surface area contributed by atoms with Crippen LogP contribution >= 0.6 is 0 Å². The number of esters is 2. The standard InChI is InChI=1S/C26H31N3O5.2C2HF3O2/c1-6-20-22(24(30)33-16-18-9-7-8-14-27-18)21(29-23(20)25(31)34-26(2,3)4)15-28-17-10-12-19(32-5)13-11-17;2*3-2(4,5)1(6)7/h7-14,28-29H,6,15-16H2,1-5H3;2*(H,6,7). The van der Waals surface area contributed by atoms with Crippen LogP contribution in [0.1, 0.15) is 65.5 Å². The number of aromatic nitrogens is 2. The van der Waals surface area contributed by atoms with Crippen LogP contribution in [0.25, 0.3) is 0 Å². The minimum absolute atomic E-state index is 0.0289. The topological polar surface area (TPSA) is 177 Å². The Morgan fingerprint density at radius 1 is 0.875 bits per heavy atom. The molecule has 1 aromatic carbocycles. The molecule has 0 aliphatic carbocycles. The van der Waals surface area contributed by atoms with Crippen LogP contribution in [0.5, 0.6) is 5.75 Å². The van der Waals surface area contributed by atoms with Gasteiger partial charge in [-0.05, 0) is 69.2 Å². The third-order valence-electron chi connectivity index (χ3n) is 5.46. The molecule has 0 atom stereocenters. The Kier molecular flexibility index (Phi) is 14.9. The fourth-order valence-electron chi connectivity index (χ4n) is 3.43. The number of alkyl halides is 6. The molecule has 0 amide bonds. The van der Waals surface area contributed by atoms with Gasteiger partial charge in [-0.1, -0.05) is 13.0 Å². The summed E-state index contributed by atoms with van der Waals surface area (Å²) in [6.45, 7) is 7.58. The molecule has 0 aliphatic rings. The fourth-order valence-corrected chi connectivity index (χ4v) is 3.43. The lowest BCUT2D eigenvalue weighted by Crippen LogP contribution is -2.24. The van der Waals surface area contributed by atoms with Gasteiger partial charge in [0.2, 0.25) is 0 Å². The summed E-state index contributed by atoms with van der Waals surface area (Å²) in [4.78, 5) is 51.2. The Morgan fingerprint density at radius 2 is 1.42 bits per heavy atom. The van der Waals surface area contributed by atoms with Gasteiger partial charge in [0.1, 0.15) is 23.7 Å². The Balaban J connectivity index is 0.000000687. The van der Waals surface area contributed by atoms with Crippen LogP contribution in [0, 0.1) is 0 Å². The first-order chi connectivity index (χ1) is 22.1. The second-order valence-electron chi connectivity index (χ2n) is 10.3. The first-order valence-corrected chi connectivity index (χ1v) is 13.6. The van der Waals surface area contributed by atoms with Crippen molar-refractivity contribution in [2.75, 3.05) is 12.4 Å². The number of pyridine rings is 1. The Labute approximate surface area is 270 Å². The van der Waals surface area contributed by atoms with Crippen molar-refractivity contribution < 1.29 is 69.9 Å². The number of ether oxygens (including phenoxy) is 3. The summed E-state index contributed by atoms with van der Waals surface area (Å²) in [5, 5.41) is 17.5. The van der Waals surface area contributed by atoms with Gasteiger partial charge in [0.15, 0.2) is 0 Å². The quantitative estimate of drug-likeness (QED) is 0.149. The summed E-state index contributed by atoms with van der Waals surface area (Å²) in [6, 6.07) is 12.8. The molecule has 0 spiro atoms. The molecule has 48 heavy (non-hydrogen) atoms. The second kappa shape index (κ2) is 17.6. The molecule has 3 aromatic rings. The predicted molar refractivity (Wildman–Crippen MR) is 156 cm³/mol. The highest BCUT2D eigenvalue weighted by molar-refractivity contribution is 5.99. The maximum Gasteiger partial charge on any atom is 0.490 e. The van der Waals surface area contributed by atoms with Crippen LogP contribution < -0.4 is 10.1 Å². The van der Waals surface area contributed by atoms with E-state index < -0.39 is 41.8 Å². The molecule has 264 valence electrons. The summed E-state index contributed by atoms with van der Waals surface area (Å²) < 4.78 is 79.8. The van der Waals surface area contributed by atoms with Gasteiger partial charge in [0, 0.05) is 17.6 Å². The number of hydrogen-bond donors (Lipinski definition) is 4. The molecule has 0 saturated heterocycles. The van der Waals surface area contributed by atoms with E-state index in [0.717, 1.165) is 11.4 Å².